The van der Waals surface area contributed by atoms with Gasteiger partial charge in [-0.15, -0.1) is 0 Å². The Labute approximate surface area is 161 Å². The first-order chi connectivity index (χ1) is 12.3. The number of thiocarbonyl (C=S) groups is 1. The maximum absolute atomic E-state index is 11.5. The van der Waals surface area contributed by atoms with Gasteiger partial charge in [0.1, 0.15) is 0 Å². The van der Waals surface area contributed by atoms with E-state index in [0.717, 1.165) is 24.3 Å². The minimum atomic E-state index is -3.17. The van der Waals surface area contributed by atoms with E-state index >= 15 is 0 Å². The van der Waals surface area contributed by atoms with E-state index in [-0.39, 0.29) is 0 Å². The predicted octanol–water partition coefficient (Wildman–Crippen LogP) is 3.42. The molecule has 0 saturated heterocycles. The Morgan fingerprint density at radius 2 is 1.58 bits per heavy atom. The Hall–Kier alpha value is -2.12. The number of hydrogen-bond donors (Lipinski definition) is 2. The van der Waals surface area contributed by atoms with Crippen molar-refractivity contribution in [1.29, 1.82) is 0 Å². The zero-order chi connectivity index (χ0) is 19.2. The number of anilines is 2. The van der Waals surface area contributed by atoms with Crippen molar-refractivity contribution in [3.8, 4) is 0 Å². The highest BCUT2D eigenvalue weighted by Gasteiger charge is 2.06. The van der Waals surface area contributed by atoms with Crippen LogP contribution in [0.5, 0.6) is 0 Å². The Morgan fingerprint density at radius 3 is 2.08 bits per heavy atom. The van der Waals surface area contributed by atoms with E-state index in [1.54, 1.807) is 24.3 Å². The highest BCUT2D eigenvalue weighted by Crippen LogP contribution is 2.17. The molecule has 2 N–H and O–H groups in total. The lowest BCUT2D eigenvalue weighted by Gasteiger charge is -2.21. The van der Waals surface area contributed by atoms with Crippen LogP contribution in [0.2, 0.25) is 0 Å². The number of sulfone groups is 1. The second-order valence-corrected chi connectivity index (χ2v) is 8.37. The smallest absolute Gasteiger partial charge is 0.175 e. The van der Waals surface area contributed by atoms with Gasteiger partial charge in [-0.05, 0) is 68.0 Å². The van der Waals surface area contributed by atoms with E-state index < -0.39 is 9.84 Å². The third-order valence-electron chi connectivity index (χ3n) is 4.06. The van der Waals surface area contributed by atoms with Gasteiger partial charge in [-0.1, -0.05) is 12.1 Å². The largest absolute Gasteiger partial charge is 0.372 e. The van der Waals surface area contributed by atoms with Crippen molar-refractivity contribution in [2.75, 3.05) is 29.6 Å². The Balaban J connectivity index is 1.89. The number of nitrogens with zero attached hydrogens (tertiary/aromatic N) is 1. The molecule has 0 amide bonds. The van der Waals surface area contributed by atoms with E-state index in [0.29, 0.717) is 16.6 Å². The Kier molecular flexibility index (Phi) is 6.99. The topological polar surface area (TPSA) is 61.4 Å². The number of benzene rings is 2. The summed E-state index contributed by atoms with van der Waals surface area (Å²) < 4.78 is 22.9. The molecule has 0 atom stereocenters. The van der Waals surface area contributed by atoms with Gasteiger partial charge in [0.2, 0.25) is 0 Å². The fourth-order valence-electron chi connectivity index (χ4n) is 2.56. The summed E-state index contributed by atoms with van der Waals surface area (Å²) >= 11 is 5.32. The van der Waals surface area contributed by atoms with Crippen LogP contribution in [0.15, 0.2) is 53.4 Å². The van der Waals surface area contributed by atoms with Crippen LogP contribution >= 0.6 is 12.2 Å². The van der Waals surface area contributed by atoms with Crippen molar-refractivity contribution in [3.63, 3.8) is 0 Å². The van der Waals surface area contributed by atoms with Crippen LogP contribution in [0.1, 0.15) is 19.4 Å². The van der Waals surface area contributed by atoms with Crippen molar-refractivity contribution in [2.45, 2.75) is 25.3 Å². The fraction of sp³-hybridized carbons (Fsp3) is 0.316. The lowest BCUT2D eigenvalue weighted by atomic mass is 10.2. The molecule has 0 aliphatic carbocycles. The van der Waals surface area contributed by atoms with Crippen LogP contribution in [0.4, 0.5) is 11.4 Å². The summed E-state index contributed by atoms with van der Waals surface area (Å²) in [6, 6.07) is 14.9. The maximum atomic E-state index is 11.5. The second-order valence-electron chi connectivity index (χ2n) is 5.94. The summed E-state index contributed by atoms with van der Waals surface area (Å²) in [5, 5.41) is 6.80. The van der Waals surface area contributed by atoms with Gasteiger partial charge >= 0.3 is 0 Å². The van der Waals surface area contributed by atoms with Gasteiger partial charge in [-0.25, -0.2) is 8.42 Å². The highest BCUT2D eigenvalue weighted by atomic mass is 32.2. The second kappa shape index (κ2) is 9.00. The van der Waals surface area contributed by atoms with Gasteiger partial charge in [-0.3, -0.25) is 0 Å². The molecule has 0 aromatic heterocycles. The van der Waals surface area contributed by atoms with Gasteiger partial charge < -0.3 is 15.5 Å². The van der Waals surface area contributed by atoms with Crippen molar-refractivity contribution < 1.29 is 8.42 Å². The van der Waals surface area contributed by atoms with Crippen molar-refractivity contribution in [2.24, 2.45) is 0 Å². The fourth-order valence-corrected chi connectivity index (χ4v) is 3.38. The average molecular weight is 392 g/mol. The molecule has 0 spiro atoms. The van der Waals surface area contributed by atoms with Crippen LogP contribution in [-0.2, 0) is 16.4 Å². The van der Waals surface area contributed by atoms with E-state index in [1.807, 2.05) is 12.1 Å². The Bertz CT molecular complexity index is 828. The summed E-state index contributed by atoms with van der Waals surface area (Å²) in [6.07, 6.45) is 1.20. The predicted molar refractivity (Wildman–Crippen MR) is 113 cm³/mol. The first-order valence-electron chi connectivity index (χ1n) is 8.52. The molecular formula is C19H25N3O2S2. The molecule has 0 radical (unpaired) electrons. The summed E-state index contributed by atoms with van der Waals surface area (Å²) in [5.41, 5.74) is 3.06. The molecule has 2 aromatic rings. The lowest BCUT2D eigenvalue weighted by molar-refractivity contribution is 0.602. The number of nitrogens with one attached hydrogen (secondary N) is 2. The van der Waals surface area contributed by atoms with Gasteiger partial charge in [0.05, 0.1) is 4.90 Å². The molecule has 0 unspecified atom stereocenters. The summed E-state index contributed by atoms with van der Waals surface area (Å²) in [5.74, 6) is 0. The standard InChI is InChI=1S/C19H25N3O2S2/c1-4-22(5-2)17-10-8-16(9-11-17)21-19(25)20-14-15-6-12-18(13-7-15)26(3,23)24/h6-13H,4-5,14H2,1-3H3,(H2,20,21,25). The summed E-state index contributed by atoms with van der Waals surface area (Å²) in [7, 11) is -3.17. The first kappa shape index (κ1) is 20.2. The van der Waals surface area contributed by atoms with Crippen LogP contribution < -0.4 is 15.5 Å². The molecule has 0 aliphatic heterocycles. The summed E-state index contributed by atoms with van der Waals surface area (Å²) in [4.78, 5) is 2.59. The van der Waals surface area contributed by atoms with Crippen LogP contribution in [0, 0.1) is 0 Å². The van der Waals surface area contributed by atoms with E-state index in [9.17, 15) is 8.42 Å². The molecule has 0 fully saturated rings. The third-order valence-corrected chi connectivity index (χ3v) is 5.43. The van der Waals surface area contributed by atoms with Gasteiger partial charge in [0, 0.05) is 37.3 Å². The molecule has 0 heterocycles. The van der Waals surface area contributed by atoms with Gasteiger partial charge in [0.25, 0.3) is 0 Å². The van der Waals surface area contributed by atoms with Crippen molar-refractivity contribution in [1.82, 2.24) is 5.32 Å². The van der Waals surface area contributed by atoms with Crippen LogP contribution in [0.25, 0.3) is 0 Å². The monoisotopic (exact) mass is 391 g/mol. The van der Waals surface area contributed by atoms with E-state index in [1.165, 1.54) is 11.9 Å². The normalized spacial score (nSPS) is 11.0. The lowest BCUT2D eigenvalue weighted by Crippen LogP contribution is -2.28. The molecule has 26 heavy (non-hydrogen) atoms. The zero-order valence-corrected chi connectivity index (χ0v) is 17.0. The molecule has 7 heteroatoms. The number of hydrogen-bond acceptors (Lipinski definition) is 4. The molecule has 0 saturated carbocycles. The first-order valence-corrected chi connectivity index (χ1v) is 10.8. The van der Waals surface area contributed by atoms with Gasteiger partial charge in [0.15, 0.2) is 14.9 Å². The molecular weight excluding hydrogens is 366 g/mol. The van der Waals surface area contributed by atoms with Crippen LogP contribution in [0.3, 0.4) is 0 Å². The Morgan fingerprint density at radius 1 is 1.00 bits per heavy atom. The van der Waals surface area contributed by atoms with E-state index in [2.05, 4.69) is 41.5 Å². The minimum absolute atomic E-state index is 0.315. The minimum Gasteiger partial charge on any atom is -0.372 e. The molecule has 5 nitrogen and oxygen atoms in total. The van der Waals surface area contributed by atoms with Crippen molar-refractivity contribution >= 4 is 38.5 Å². The summed E-state index contributed by atoms with van der Waals surface area (Å²) in [6.45, 7) is 6.74. The van der Waals surface area contributed by atoms with Crippen molar-refractivity contribution in [3.05, 3.63) is 54.1 Å². The zero-order valence-electron chi connectivity index (χ0n) is 15.3. The highest BCUT2D eigenvalue weighted by molar-refractivity contribution is 7.90. The molecule has 2 aromatic carbocycles. The quantitative estimate of drug-likeness (QED) is 0.705. The molecule has 0 aliphatic rings. The maximum Gasteiger partial charge on any atom is 0.175 e. The molecule has 0 bridgehead atoms. The van der Waals surface area contributed by atoms with E-state index in [4.69, 9.17) is 12.2 Å². The molecule has 2 rings (SSSR count). The van der Waals surface area contributed by atoms with Gasteiger partial charge in [-0.2, -0.15) is 0 Å². The number of rotatable bonds is 7. The third kappa shape index (κ3) is 5.71. The average Bonchev–Trinajstić information content (AvgIpc) is 2.62. The van der Waals surface area contributed by atoms with Crippen LogP contribution in [-0.4, -0.2) is 32.9 Å². The SMILES string of the molecule is CCN(CC)c1ccc(NC(=S)NCc2ccc(S(C)(=O)=O)cc2)cc1. The molecule has 140 valence electrons.